The van der Waals surface area contributed by atoms with Crippen LogP contribution in [-0.4, -0.2) is 27.6 Å². The van der Waals surface area contributed by atoms with Crippen LogP contribution < -0.4 is 5.32 Å². The molecule has 0 saturated carbocycles. The van der Waals surface area contributed by atoms with Crippen molar-refractivity contribution in [3.8, 4) is 0 Å². The first-order chi connectivity index (χ1) is 9.31. The molecule has 1 N–H and O–H groups in total. The van der Waals surface area contributed by atoms with Gasteiger partial charge < -0.3 is 5.32 Å². The number of hydrogen-bond donors (Lipinski definition) is 1. The molecular formula is C15H24N4. The van der Waals surface area contributed by atoms with E-state index in [1.54, 1.807) is 0 Å². The zero-order valence-corrected chi connectivity index (χ0v) is 12.0. The Morgan fingerprint density at radius 1 is 1.26 bits per heavy atom. The standard InChI is InChI=1S/C15H24N4/c1-3-4-5-8-13(2)16-11-12-19-15-10-7-6-9-14(15)17-18-19/h6-7,9-10,13,16H,3-5,8,11-12H2,1-2H3. The van der Waals surface area contributed by atoms with Crippen LogP contribution in [0.5, 0.6) is 0 Å². The first-order valence-corrected chi connectivity index (χ1v) is 7.33. The molecule has 2 aromatic rings. The Kier molecular flexibility index (Phi) is 5.33. The summed E-state index contributed by atoms with van der Waals surface area (Å²) in [6.07, 6.45) is 5.19. The quantitative estimate of drug-likeness (QED) is 0.742. The first-order valence-electron chi connectivity index (χ1n) is 7.33. The van der Waals surface area contributed by atoms with Gasteiger partial charge in [-0.3, -0.25) is 0 Å². The molecule has 2 rings (SSSR count). The van der Waals surface area contributed by atoms with Crippen molar-refractivity contribution in [1.29, 1.82) is 0 Å². The van der Waals surface area contributed by atoms with E-state index < -0.39 is 0 Å². The van der Waals surface area contributed by atoms with Gasteiger partial charge in [0.05, 0.1) is 12.1 Å². The molecule has 4 heteroatoms. The van der Waals surface area contributed by atoms with Crippen LogP contribution in [0.1, 0.15) is 39.5 Å². The number of fused-ring (bicyclic) bond motifs is 1. The SMILES string of the molecule is CCCCCC(C)NCCn1nnc2ccccc21. The lowest BCUT2D eigenvalue weighted by Gasteiger charge is -2.13. The van der Waals surface area contributed by atoms with Gasteiger partial charge in [-0.05, 0) is 25.5 Å². The van der Waals surface area contributed by atoms with E-state index in [0.717, 1.165) is 24.1 Å². The average Bonchev–Trinajstić information content (AvgIpc) is 2.83. The highest BCUT2D eigenvalue weighted by atomic mass is 15.4. The highest BCUT2D eigenvalue weighted by Gasteiger charge is 2.04. The highest BCUT2D eigenvalue weighted by molar-refractivity contribution is 5.73. The Bertz CT molecular complexity index is 492. The molecule has 0 amide bonds. The van der Waals surface area contributed by atoms with E-state index >= 15 is 0 Å². The number of nitrogens with zero attached hydrogens (tertiary/aromatic N) is 3. The molecule has 0 spiro atoms. The minimum Gasteiger partial charge on any atom is -0.312 e. The molecule has 1 heterocycles. The van der Waals surface area contributed by atoms with Gasteiger partial charge in [-0.25, -0.2) is 4.68 Å². The number of para-hydroxylation sites is 1. The monoisotopic (exact) mass is 260 g/mol. The van der Waals surface area contributed by atoms with Gasteiger partial charge in [0.1, 0.15) is 5.52 Å². The summed E-state index contributed by atoms with van der Waals surface area (Å²) >= 11 is 0. The Morgan fingerprint density at radius 2 is 2.11 bits per heavy atom. The van der Waals surface area contributed by atoms with Crippen molar-refractivity contribution in [2.75, 3.05) is 6.54 Å². The molecule has 0 aliphatic heterocycles. The molecule has 1 atom stereocenters. The molecule has 0 saturated heterocycles. The maximum absolute atomic E-state index is 4.19. The molecule has 0 fully saturated rings. The van der Waals surface area contributed by atoms with Gasteiger partial charge in [0.2, 0.25) is 0 Å². The summed E-state index contributed by atoms with van der Waals surface area (Å²) < 4.78 is 1.97. The second-order valence-corrected chi connectivity index (χ2v) is 5.15. The summed E-state index contributed by atoms with van der Waals surface area (Å²) in [4.78, 5) is 0. The molecule has 104 valence electrons. The summed E-state index contributed by atoms with van der Waals surface area (Å²) in [6.45, 7) is 6.32. The Morgan fingerprint density at radius 3 is 2.95 bits per heavy atom. The third-order valence-corrected chi connectivity index (χ3v) is 3.48. The van der Waals surface area contributed by atoms with Crippen molar-refractivity contribution in [3.05, 3.63) is 24.3 Å². The fraction of sp³-hybridized carbons (Fsp3) is 0.600. The van der Waals surface area contributed by atoms with Crippen molar-refractivity contribution in [2.45, 2.75) is 52.1 Å². The van der Waals surface area contributed by atoms with Gasteiger partial charge in [0.15, 0.2) is 0 Å². The van der Waals surface area contributed by atoms with Gasteiger partial charge in [0, 0.05) is 12.6 Å². The third-order valence-electron chi connectivity index (χ3n) is 3.48. The van der Waals surface area contributed by atoms with E-state index in [9.17, 15) is 0 Å². The van der Waals surface area contributed by atoms with Crippen molar-refractivity contribution in [3.63, 3.8) is 0 Å². The van der Waals surface area contributed by atoms with Gasteiger partial charge in [-0.15, -0.1) is 5.10 Å². The lowest BCUT2D eigenvalue weighted by Crippen LogP contribution is -2.29. The average molecular weight is 260 g/mol. The number of aromatic nitrogens is 3. The van der Waals surface area contributed by atoms with Crippen LogP contribution in [0.4, 0.5) is 0 Å². The van der Waals surface area contributed by atoms with Gasteiger partial charge in [-0.2, -0.15) is 0 Å². The summed E-state index contributed by atoms with van der Waals surface area (Å²) in [6, 6.07) is 8.68. The minimum absolute atomic E-state index is 0.585. The zero-order chi connectivity index (χ0) is 13.5. The van der Waals surface area contributed by atoms with Crippen LogP contribution in [0.25, 0.3) is 11.0 Å². The van der Waals surface area contributed by atoms with Crippen LogP contribution in [0.2, 0.25) is 0 Å². The maximum atomic E-state index is 4.19. The van der Waals surface area contributed by atoms with E-state index in [-0.39, 0.29) is 0 Å². The van der Waals surface area contributed by atoms with E-state index in [4.69, 9.17) is 0 Å². The van der Waals surface area contributed by atoms with Crippen LogP contribution in [-0.2, 0) is 6.54 Å². The van der Waals surface area contributed by atoms with Crippen LogP contribution in [0.15, 0.2) is 24.3 Å². The molecule has 0 bridgehead atoms. The third kappa shape index (κ3) is 4.03. The highest BCUT2D eigenvalue weighted by Crippen LogP contribution is 2.09. The van der Waals surface area contributed by atoms with Crippen LogP contribution in [0.3, 0.4) is 0 Å². The van der Waals surface area contributed by atoms with Gasteiger partial charge in [0.25, 0.3) is 0 Å². The molecule has 19 heavy (non-hydrogen) atoms. The van der Waals surface area contributed by atoms with Crippen molar-refractivity contribution >= 4 is 11.0 Å². The summed E-state index contributed by atoms with van der Waals surface area (Å²) in [5, 5.41) is 11.9. The molecule has 0 aliphatic rings. The molecule has 4 nitrogen and oxygen atoms in total. The second-order valence-electron chi connectivity index (χ2n) is 5.15. The second kappa shape index (κ2) is 7.24. The largest absolute Gasteiger partial charge is 0.312 e. The molecule has 1 unspecified atom stereocenters. The predicted molar refractivity (Wildman–Crippen MR) is 79.1 cm³/mol. The fourth-order valence-corrected chi connectivity index (χ4v) is 2.30. The zero-order valence-electron chi connectivity index (χ0n) is 12.0. The Balaban J connectivity index is 1.76. The Labute approximate surface area is 115 Å². The fourth-order valence-electron chi connectivity index (χ4n) is 2.30. The number of rotatable bonds is 8. The number of unbranched alkanes of at least 4 members (excludes halogenated alkanes) is 2. The molecule has 1 aromatic heterocycles. The topological polar surface area (TPSA) is 42.7 Å². The van der Waals surface area contributed by atoms with Crippen molar-refractivity contribution in [2.24, 2.45) is 0 Å². The normalized spacial score (nSPS) is 12.9. The maximum Gasteiger partial charge on any atom is 0.113 e. The van der Waals surface area contributed by atoms with Crippen molar-refractivity contribution < 1.29 is 0 Å². The van der Waals surface area contributed by atoms with E-state index in [2.05, 4.69) is 35.5 Å². The lowest BCUT2D eigenvalue weighted by molar-refractivity contribution is 0.460. The van der Waals surface area contributed by atoms with Gasteiger partial charge in [-0.1, -0.05) is 43.5 Å². The molecular weight excluding hydrogens is 236 g/mol. The number of nitrogens with one attached hydrogen (secondary N) is 1. The number of benzene rings is 1. The lowest BCUT2D eigenvalue weighted by atomic mass is 10.1. The summed E-state index contributed by atoms with van der Waals surface area (Å²) in [5.41, 5.74) is 2.08. The van der Waals surface area contributed by atoms with Crippen molar-refractivity contribution in [1.82, 2.24) is 20.3 Å². The smallest absolute Gasteiger partial charge is 0.113 e. The molecule has 0 aliphatic carbocycles. The van der Waals surface area contributed by atoms with Crippen LogP contribution in [0, 0.1) is 0 Å². The minimum atomic E-state index is 0.585. The van der Waals surface area contributed by atoms with Crippen LogP contribution >= 0.6 is 0 Å². The van der Waals surface area contributed by atoms with E-state index in [1.807, 2.05) is 22.9 Å². The van der Waals surface area contributed by atoms with Gasteiger partial charge >= 0.3 is 0 Å². The molecule has 0 radical (unpaired) electrons. The molecule has 1 aromatic carbocycles. The van der Waals surface area contributed by atoms with E-state index in [0.29, 0.717) is 6.04 Å². The predicted octanol–water partition coefficient (Wildman–Crippen LogP) is 2.99. The number of hydrogen-bond acceptors (Lipinski definition) is 3. The summed E-state index contributed by atoms with van der Waals surface area (Å²) in [7, 11) is 0. The Hall–Kier alpha value is -1.42. The van der Waals surface area contributed by atoms with E-state index in [1.165, 1.54) is 25.7 Å². The summed E-state index contributed by atoms with van der Waals surface area (Å²) in [5.74, 6) is 0. The first kappa shape index (κ1) is 14.0.